The van der Waals surface area contributed by atoms with E-state index >= 15 is 0 Å². The molecule has 0 amide bonds. The lowest BCUT2D eigenvalue weighted by Crippen LogP contribution is -2.61. The second-order valence-corrected chi connectivity index (χ2v) is 7.64. The lowest BCUT2D eigenvalue weighted by atomic mass is 9.57. The molecule has 3 rings (SSSR count). The SMILES string of the molecule is C=C(C)C(=O)OC(C)(C)C12CCCC1(O)C1CCC2C1. The van der Waals surface area contributed by atoms with Crippen molar-refractivity contribution in [2.24, 2.45) is 17.3 Å². The maximum Gasteiger partial charge on any atom is 0.333 e. The fourth-order valence-electron chi connectivity index (χ4n) is 5.79. The van der Waals surface area contributed by atoms with Crippen LogP contribution in [0.1, 0.15) is 59.3 Å². The summed E-state index contributed by atoms with van der Waals surface area (Å²) in [6.45, 7) is 9.34. The third kappa shape index (κ3) is 1.47. The molecule has 3 fully saturated rings. The van der Waals surface area contributed by atoms with E-state index in [1.807, 2.05) is 13.8 Å². The zero-order chi connectivity index (χ0) is 14.8. The highest BCUT2D eigenvalue weighted by Gasteiger charge is 2.74. The Balaban J connectivity index is 1.98. The molecule has 0 saturated heterocycles. The van der Waals surface area contributed by atoms with E-state index in [2.05, 4.69) is 6.58 Å². The minimum Gasteiger partial charge on any atom is -0.456 e. The molecule has 112 valence electrons. The Kier molecular flexibility index (Phi) is 2.89. The second kappa shape index (κ2) is 4.09. The van der Waals surface area contributed by atoms with Crippen LogP contribution in [-0.2, 0) is 9.53 Å². The van der Waals surface area contributed by atoms with Gasteiger partial charge in [0, 0.05) is 11.0 Å². The van der Waals surface area contributed by atoms with Gasteiger partial charge in [-0.1, -0.05) is 6.58 Å². The van der Waals surface area contributed by atoms with E-state index < -0.39 is 11.2 Å². The van der Waals surface area contributed by atoms with E-state index in [1.165, 1.54) is 6.42 Å². The number of carbonyl (C=O) groups is 1. The van der Waals surface area contributed by atoms with Crippen molar-refractivity contribution in [2.45, 2.75) is 70.5 Å². The number of carbonyl (C=O) groups excluding carboxylic acids is 1. The van der Waals surface area contributed by atoms with Crippen molar-refractivity contribution in [3.8, 4) is 0 Å². The summed E-state index contributed by atoms with van der Waals surface area (Å²) >= 11 is 0. The van der Waals surface area contributed by atoms with Crippen LogP contribution >= 0.6 is 0 Å². The molecule has 20 heavy (non-hydrogen) atoms. The molecule has 2 bridgehead atoms. The lowest BCUT2D eigenvalue weighted by Gasteiger charge is -2.54. The zero-order valence-corrected chi connectivity index (χ0v) is 12.9. The second-order valence-electron chi connectivity index (χ2n) is 7.64. The molecule has 0 aliphatic heterocycles. The van der Waals surface area contributed by atoms with Crippen LogP contribution in [0.5, 0.6) is 0 Å². The summed E-state index contributed by atoms with van der Waals surface area (Å²) in [5.74, 6) is 0.562. The molecule has 0 radical (unpaired) electrons. The summed E-state index contributed by atoms with van der Waals surface area (Å²) in [6, 6.07) is 0. The number of fused-ring (bicyclic) bond motifs is 5. The maximum atomic E-state index is 12.0. The van der Waals surface area contributed by atoms with E-state index in [0.717, 1.165) is 32.1 Å². The molecule has 0 heterocycles. The Hall–Kier alpha value is -0.830. The summed E-state index contributed by atoms with van der Waals surface area (Å²) < 4.78 is 5.81. The molecule has 3 aliphatic rings. The van der Waals surface area contributed by atoms with Crippen LogP contribution in [0.4, 0.5) is 0 Å². The number of hydrogen-bond acceptors (Lipinski definition) is 3. The van der Waals surface area contributed by atoms with Gasteiger partial charge in [0.15, 0.2) is 0 Å². The van der Waals surface area contributed by atoms with Gasteiger partial charge in [0.2, 0.25) is 0 Å². The standard InChI is InChI=1S/C17H26O3/c1-11(2)14(18)20-15(3,4)16-8-5-9-17(16,19)13-7-6-12(16)10-13/h12-13,19H,1,5-10H2,2-4H3. The maximum absolute atomic E-state index is 12.0. The van der Waals surface area contributed by atoms with Crippen molar-refractivity contribution < 1.29 is 14.6 Å². The van der Waals surface area contributed by atoms with E-state index in [1.54, 1.807) is 6.92 Å². The largest absolute Gasteiger partial charge is 0.456 e. The van der Waals surface area contributed by atoms with E-state index in [0.29, 0.717) is 17.4 Å². The fourth-order valence-corrected chi connectivity index (χ4v) is 5.79. The lowest BCUT2D eigenvalue weighted by molar-refractivity contribution is -0.211. The minimum absolute atomic E-state index is 0.256. The van der Waals surface area contributed by atoms with Crippen LogP contribution in [-0.4, -0.2) is 22.3 Å². The molecular weight excluding hydrogens is 252 g/mol. The van der Waals surface area contributed by atoms with Gasteiger partial charge in [-0.25, -0.2) is 4.79 Å². The van der Waals surface area contributed by atoms with Gasteiger partial charge in [0.05, 0.1) is 5.60 Å². The highest BCUT2D eigenvalue weighted by Crippen LogP contribution is 2.72. The summed E-state index contributed by atoms with van der Waals surface area (Å²) in [6.07, 6.45) is 6.28. The predicted octanol–water partition coefficient (Wildman–Crippen LogP) is 3.22. The molecule has 3 nitrogen and oxygen atoms in total. The first kappa shape index (κ1) is 14.1. The van der Waals surface area contributed by atoms with Gasteiger partial charge in [-0.2, -0.15) is 0 Å². The molecular formula is C17H26O3. The molecule has 4 atom stereocenters. The monoisotopic (exact) mass is 278 g/mol. The summed E-state index contributed by atoms with van der Waals surface area (Å²) in [4.78, 5) is 12.0. The molecule has 3 saturated carbocycles. The first-order chi connectivity index (χ1) is 9.24. The van der Waals surface area contributed by atoms with E-state index in [9.17, 15) is 9.90 Å². The van der Waals surface area contributed by atoms with Crippen molar-refractivity contribution in [3.63, 3.8) is 0 Å². The average Bonchev–Trinajstić information content (AvgIpc) is 2.97. The van der Waals surface area contributed by atoms with Gasteiger partial charge < -0.3 is 9.84 Å². The van der Waals surface area contributed by atoms with Crippen LogP contribution in [0, 0.1) is 17.3 Å². The van der Waals surface area contributed by atoms with Crippen LogP contribution in [0.2, 0.25) is 0 Å². The molecule has 4 unspecified atom stereocenters. The van der Waals surface area contributed by atoms with Crippen LogP contribution in [0.25, 0.3) is 0 Å². The number of rotatable bonds is 3. The number of esters is 1. The van der Waals surface area contributed by atoms with Crippen LogP contribution in [0.3, 0.4) is 0 Å². The third-order valence-electron chi connectivity index (χ3n) is 6.48. The third-order valence-corrected chi connectivity index (χ3v) is 6.48. The Morgan fingerprint density at radius 1 is 1.30 bits per heavy atom. The van der Waals surface area contributed by atoms with Crippen molar-refractivity contribution in [2.75, 3.05) is 0 Å². The van der Waals surface area contributed by atoms with Crippen molar-refractivity contribution in [1.82, 2.24) is 0 Å². The first-order valence-electron chi connectivity index (χ1n) is 7.86. The number of ether oxygens (including phenoxy) is 1. The van der Waals surface area contributed by atoms with Crippen LogP contribution in [0.15, 0.2) is 12.2 Å². The fraction of sp³-hybridized carbons (Fsp3) is 0.824. The Morgan fingerprint density at radius 3 is 2.60 bits per heavy atom. The Bertz CT molecular complexity index is 467. The highest BCUT2D eigenvalue weighted by atomic mass is 16.6. The van der Waals surface area contributed by atoms with Crippen molar-refractivity contribution in [3.05, 3.63) is 12.2 Å². The average molecular weight is 278 g/mol. The smallest absolute Gasteiger partial charge is 0.333 e. The van der Waals surface area contributed by atoms with E-state index in [4.69, 9.17) is 4.74 Å². The summed E-state index contributed by atoms with van der Waals surface area (Å²) in [5, 5.41) is 11.3. The Morgan fingerprint density at radius 2 is 1.95 bits per heavy atom. The molecule has 3 aliphatic carbocycles. The molecule has 3 heteroatoms. The van der Waals surface area contributed by atoms with Gasteiger partial charge >= 0.3 is 5.97 Å². The molecule has 0 aromatic heterocycles. The van der Waals surface area contributed by atoms with Gasteiger partial charge in [-0.3, -0.25) is 0 Å². The van der Waals surface area contributed by atoms with Crippen molar-refractivity contribution in [1.29, 1.82) is 0 Å². The van der Waals surface area contributed by atoms with Gasteiger partial charge in [-0.05, 0) is 71.1 Å². The van der Waals surface area contributed by atoms with E-state index in [-0.39, 0.29) is 11.4 Å². The topological polar surface area (TPSA) is 46.5 Å². The predicted molar refractivity (Wildman–Crippen MR) is 77.0 cm³/mol. The minimum atomic E-state index is -0.631. The van der Waals surface area contributed by atoms with Crippen molar-refractivity contribution >= 4 is 5.97 Å². The molecule has 1 N–H and O–H groups in total. The first-order valence-corrected chi connectivity index (χ1v) is 7.86. The number of hydrogen-bond donors (Lipinski definition) is 1. The summed E-state index contributed by atoms with van der Waals surface area (Å²) in [7, 11) is 0. The highest BCUT2D eigenvalue weighted by molar-refractivity contribution is 5.87. The zero-order valence-electron chi connectivity index (χ0n) is 12.9. The number of aliphatic hydroxyl groups is 1. The van der Waals surface area contributed by atoms with Gasteiger partial charge in [-0.15, -0.1) is 0 Å². The molecule has 0 aromatic rings. The van der Waals surface area contributed by atoms with Gasteiger partial charge in [0.25, 0.3) is 0 Å². The summed E-state index contributed by atoms with van der Waals surface area (Å²) in [5.41, 5.74) is -1.09. The molecule has 0 aromatic carbocycles. The Labute approximate surface area is 121 Å². The quantitative estimate of drug-likeness (QED) is 0.637. The normalized spacial score (nSPS) is 42.6. The van der Waals surface area contributed by atoms with Crippen LogP contribution < -0.4 is 0 Å². The molecule has 0 spiro atoms. The van der Waals surface area contributed by atoms with Gasteiger partial charge in [0.1, 0.15) is 5.60 Å².